The molecule has 2 aromatic carbocycles. The molecular weight excluding hydrogens is 376 g/mol. The van der Waals surface area contributed by atoms with Crippen LogP contribution in [0.2, 0.25) is 0 Å². The van der Waals surface area contributed by atoms with Gasteiger partial charge < -0.3 is 15.0 Å². The summed E-state index contributed by atoms with van der Waals surface area (Å²) in [5.74, 6) is 1.12. The molecule has 6 nitrogen and oxygen atoms in total. The van der Waals surface area contributed by atoms with Gasteiger partial charge >= 0.3 is 0 Å². The maximum atomic E-state index is 12.5. The van der Waals surface area contributed by atoms with Gasteiger partial charge in [-0.3, -0.25) is 4.79 Å². The highest BCUT2D eigenvalue weighted by atomic mass is 16.5. The van der Waals surface area contributed by atoms with Gasteiger partial charge in [0.2, 0.25) is 5.91 Å². The Morgan fingerprint density at radius 1 is 1.13 bits per heavy atom. The van der Waals surface area contributed by atoms with Crippen LogP contribution in [0.3, 0.4) is 0 Å². The highest BCUT2D eigenvalue weighted by Crippen LogP contribution is 2.24. The minimum absolute atomic E-state index is 0.247. The number of carbonyl (C=O) groups excluding carboxylic acids is 1. The van der Waals surface area contributed by atoms with Gasteiger partial charge in [-0.15, -0.1) is 0 Å². The first-order valence-corrected chi connectivity index (χ1v) is 10.4. The van der Waals surface area contributed by atoms with Gasteiger partial charge in [-0.2, -0.15) is 5.10 Å². The summed E-state index contributed by atoms with van der Waals surface area (Å²) in [6.45, 7) is 2.32. The minimum atomic E-state index is 0.247. The molecule has 0 aliphatic carbocycles. The van der Waals surface area contributed by atoms with E-state index in [0.29, 0.717) is 13.0 Å². The molecule has 3 aromatic rings. The second-order valence-corrected chi connectivity index (χ2v) is 7.65. The smallest absolute Gasteiger partial charge is 0.223 e. The van der Waals surface area contributed by atoms with E-state index in [9.17, 15) is 4.79 Å². The first-order valence-electron chi connectivity index (χ1n) is 10.4. The maximum absolute atomic E-state index is 12.5. The summed E-state index contributed by atoms with van der Waals surface area (Å²) < 4.78 is 7.12. The predicted molar refractivity (Wildman–Crippen MR) is 116 cm³/mol. The highest BCUT2D eigenvalue weighted by Gasteiger charge is 2.30. The minimum Gasteiger partial charge on any atom is -0.497 e. The number of hydrogen-bond donors (Lipinski definition) is 1. The number of hydrogen-bond acceptors (Lipinski definition) is 4. The van der Waals surface area contributed by atoms with Gasteiger partial charge in [0.1, 0.15) is 5.75 Å². The Hall–Kier alpha value is -3.12. The van der Waals surface area contributed by atoms with Crippen molar-refractivity contribution < 1.29 is 9.53 Å². The van der Waals surface area contributed by atoms with Crippen molar-refractivity contribution in [3.8, 4) is 11.4 Å². The molecular formula is C24H28N4O2. The molecule has 1 unspecified atom stereocenters. The molecule has 4 rings (SSSR count). The third-order valence-corrected chi connectivity index (χ3v) is 5.60. The van der Waals surface area contributed by atoms with Crippen molar-refractivity contribution in [1.82, 2.24) is 20.0 Å². The van der Waals surface area contributed by atoms with Crippen LogP contribution >= 0.6 is 0 Å². The Labute approximate surface area is 177 Å². The fourth-order valence-corrected chi connectivity index (χ4v) is 4.01. The number of carbonyl (C=O) groups is 1. The number of benzene rings is 2. The molecule has 1 N–H and O–H groups in total. The zero-order valence-corrected chi connectivity index (χ0v) is 17.3. The Morgan fingerprint density at radius 2 is 2.00 bits per heavy atom. The summed E-state index contributed by atoms with van der Waals surface area (Å²) >= 11 is 0. The van der Waals surface area contributed by atoms with Crippen LogP contribution in [-0.2, 0) is 17.9 Å². The average Bonchev–Trinajstić information content (AvgIpc) is 3.43. The van der Waals surface area contributed by atoms with Crippen LogP contribution < -0.4 is 10.1 Å². The molecule has 0 bridgehead atoms. The summed E-state index contributed by atoms with van der Waals surface area (Å²) in [5.41, 5.74) is 3.34. The van der Waals surface area contributed by atoms with Crippen molar-refractivity contribution in [2.24, 2.45) is 0 Å². The third-order valence-electron chi connectivity index (χ3n) is 5.60. The van der Waals surface area contributed by atoms with Gasteiger partial charge in [-0.1, -0.05) is 24.3 Å². The number of amides is 1. The highest BCUT2D eigenvalue weighted by molar-refractivity contribution is 5.78. The van der Waals surface area contributed by atoms with E-state index in [1.165, 1.54) is 5.56 Å². The Morgan fingerprint density at radius 3 is 2.83 bits per heavy atom. The van der Waals surface area contributed by atoms with E-state index < -0.39 is 0 Å². The number of aromatic nitrogens is 2. The van der Waals surface area contributed by atoms with Crippen LogP contribution in [0, 0.1) is 0 Å². The van der Waals surface area contributed by atoms with Crippen molar-refractivity contribution in [3.63, 3.8) is 0 Å². The van der Waals surface area contributed by atoms with Crippen molar-refractivity contribution in [2.75, 3.05) is 13.7 Å². The van der Waals surface area contributed by atoms with E-state index in [1.807, 2.05) is 52.2 Å². The molecule has 30 heavy (non-hydrogen) atoms. The van der Waals surface area contributed by atoms with Crippen LogP contribution in [0.1, 0.15) is 30.4 Å². The molecule has 1 fully saturated rings. The summed E-state index contributed by atoms with van der Waals surface area (Å²) in [6.07, 6.45) is 6.22. The van der Waals surface area contributed by atoms with Gasteiger partial charge in [0.05, 0.1) is 12.8 Å². The maximum Gasteiger partial charge on any atom is 0.223 e. The fourth-order valence-electron chi connectivity index (χ4n) is 4.01. The number of ether oxygens (including phenoxy) is 1. The summed E-state index contributed by atoms with van der Waals surface area (Å²) in [4.78, 5) is 14.5. The second-order valence-electron chi connectivity index (χ2n) is 7.65. The lowest BCUT2D eigenvalue weighted by atomic mass is 10.1. The molecule has 0 saturated carbocycles. The number of methoxy groups -OCH3 is 1. The summed E-state index contributed by atoms with van der Waals surface area (Å²) in [7, 11) is 1.68. The molecule has 1 aliphatic rings. The number of nitrogens with zero attached hydrogens (tertiary/aromatic N) is 3. The monoisotopic (exact) mass is 404 g/mol. The predicted octanol–water partition coefficient (Wildman–Crippen LogP) is 3.55. The summed E-state index contributed by atoms with van der Waals surface area (Å²) in [5, 5.41) is 7.80. The van der Waals surface area contributed by atoms with Crippen molar-refractivity contribution in [2.45, 2.75) is 38.4 Å². The number of rotatable bonds is 9. The van der Waals surface area contributed by atoms with Crippen LogP contribution in [-0.4, -0.2) is 40.3 Å². The molecule has 2 heterocycles. The number of likely N-dealkylation sites (tertiary alicyclic amines) is 1. The molecule has 1 saturated heterocycles. The van der Waals surface area contributed by atoms with E-state index in [1.54, 1.807) is 13.3 Å². The normalized spacial score (nSPS) is 16.2. The molecule has 6 heteroatoms. The molecule has 0 radical (unpaired) electrons. The van der Waals surface area contributed by atoms with Crippen molar-refractivity contribution in [3.05, 3.63) is 78.1 Å². The zero-order chi connectivity index (χ0) is 20.8. The second kappa shape index (κ2) is 9.59. The van der Waals surface area contributed by atoms with Crippen LogP contribution in [0.4, 0.5) is 0 Å². The van der Waals surface area contributed by atoms with Crippen LogP contribution in [0.5, 0.6) is 5.75 Å². The number of nitrogens with one attached hydrogen (secondary N) is 1. The summed E-state index contributed by atoms with van der Waals surface area (Å²) in [6, 6.07) is 18.5. The topological polar surface area (TPSA) is 59.4 Å². The van der Waals surface area contributed by atoms with E-state index >= 15 is 0 Å². The van der Waals surface area contributed by atoms with E-state index in [4.69, 9.17) is 4.74 Å². The van der Waals surface area contributed by atoms with Crippen molar-refractivity contribution in [1.29, 1.82) is 0 Å². The zero-order valence-electron chi connectivity index (χ0n) is 17.3. The van der Waals surface area contributed by atoms with E-state index in [-0.39, 0.29) is 11.9 Å². The first-order chi connectivity index (χ1) is 14.7. The first kappa shape index (κ1) is 20.2. The molecule has 0 spiro atoms. The Kier molecular flexibility index (Phi) is 6.44. The lowest BCUT2D eigenvalue weighted by Gasteiger charge is -2.25. The standard InChI is InChI=1S/C24H28N4O2/c1-30-23-8-3-5-19(16-23)17-25-13-11-21-9-10-24(29)27(21)18-20-6-2-7-22(15-20)28-14-4-12-26-28/h2-8,12,14-16,21,25H,9-11,13,17-18H2,1H3. The lowest BCUT2D eigenvalue weighted by molar-refractivity contribution is -0.129. The van der Waals surface area contributed by atoms with Gasteiger partial charge in [-0.05, 0) is 60.8 Å². The van der Waals surface area contributed by atoms with Gasteiger partial charge in [0, 0.05) is 37.9 Å². The Bertz CT molecular complexity index is 971. The molecule has 1 atom stereocenters. The van der Waals surface area contributed by atoms with Crippen LogP contribution in [0.15, 0.2) is 67.0 Å². The molecule has 1 amide bonds. The molecule has 1 aliphatic heterocycles. The fraction of sp³-hybridized carbons (Fsp3) is 0.333. The SMILES string of the molecule is COc1cccc(CNCCC2CCC(=O)N2Cc2cccc(-n3cccn3)c2)c1. The van der Waals surface area contributed by atoms with Crippen molar-refractivity contribution >= 4 is 5.91 Å². The quantitative estimate of drug-likeness (QED) is 0.554. The van der Waals surface area contributed by atoms with Gasteiger partial charge in [0.15, 0.2) is 0 Å². The lowest BCUT2D eigenvalue weighted by Crippen LogP contribution is -2.34. The Balaban J connectivity index is 1.32. The molecule has 156 valence electrons. The van der Waals surface area contributed by atoms with Gasteiger partial charge in [0.25, 0.3) is 0 Å². The van der Waals surface area contributed by atoms with E-state index in [0.717, 1.165) is 42.9 Å². The average molecular weight is 405 g/mol. The van der Waals surface area contributed by atoms with E-state index in [2.05, 4.69) is 28.6 Å². The third kappa shape index (κ3) is 4.89. The van der Waals surface area contributed by atoms with Crippen LogP contribution in [0.25, 0.3) is 5.69 Å². The molecule has 1 aromatic heterocycles. The largest absolute Gasteiger partial charge is 0.497 e. The van der Waals surface area contributed by atoms with Gasteiger partial charge in [-0.25, -0.2) is 4.68 Å².